The number of likely N-dealkylation sites (N-methyl/N-ethyl adjacent to an activating group) is 1. The minimum atomic E-state index is -3.83. The number of hydrogen-bond donors (Lipinski definition) is 2. The molecule has 20 heavy (non-hydrogen) atoms. The van der Waals surface area contributed by atoms with E-state index in [9.17, 15) is 18.3 Å². The van der Waals surface area contributed by atoms with E-state index in [1.807, 2.05) is 0 Å². The van der Waals surface area contributed by atoms with Crippen LogP contribution in [0.3, 0.4) is 0 Å². The zero-order valence-electron chi connectivity index (χ0n) is 11.4. The van der Waals surface area contributed by atoms with Crippen LogP contribution in [-0.4, -0.2) is 36.8 Å². The summed E-state index contributed by atoms with van der Waals surface area (Å²) in [7, 11) is -2.58. The number of carbonyl (C=O) groups excluding carboxylic acids is 1. The fourth-order valence-electron chi connectivity index (χ4n) is 2.01. The maximum Gasteiger partial charge on any atom is 0.272 e. The molecule has 7 heteroatoms. The van der Waals surface area contributed by atoms with Gasteiger partial charge in [0, 0.05) is 18.7 Å². The molecule has 2 rings (SSSR count). The molecule has 0 aromatic heterocycles. The highest BCUT2D eigenvalue weighted by Gasteiger charge is 2.37. The first-order chi connectivity index (χ1) is 9.26. The molecule has 2 N–H and O–H groups in total. The number of hydrogen-bond acceptors (Lipinski definition) is 4. The number of aliphatic hydroxyl groups is 1. The molecule has 0 aliphatic carbocycles. The van der Waals surface area contributed by atoms with Gasteiger partial charge in [-0.05, 0) is 26.0 Å². The molecule has 0 saturated carbocycles. The van der Waals surface area contributed by atoms with E-state index in [0.717, 1.165) is 4.31 Å². The summed E-state index contributed by atoms with van der Waals surface area (Å²) in [5, 5.41) is 12.8. The van der Waals surface area contributed by atoms with E-state index in [0.29, 0.717) is 0 Å². The molecule has 0 spiro atoms. The van der Waals surface area contributed by atoms with Crippen LogP contribution in [0.15, 0.2) is 34.9 Å². The standard InChI is InChI=1S/C13H16N2O4S/c1-8(2)14-13(17)11-12(16)9-6-4-5-7-10(9)20(18,19)15(11)3/h4-8,16H,1-3H3,(H,14,17). The Labute approximate surface area is 117 Å². The Kier molecular flexibility index (Phi) is 3.47. The van der Waals surface area contributed by atoms with Crippen molar-refractivity contribution < 1.29 is 18.3 Å². The molecule has 1 amide bonds. The molecule has 0 atom stereocenters. The van der Waals surface area contributed by atoms with E-state index in [2.05, 4.69) is 5.32 Å². The van der Waals surface area contributed by atoms with Crippen molar-refractivity contribution in [3.05, 3.63) is 35.5 Å². The average molecular weight is 296 g/mol. The first-order valence-electron chi connectivity index (χ1n) is 6.09. The second-order valence-electron chi connectivity index (χ2n) is 4.79. The SMILES string of the molecule is CC(C)NC(=O)C1=C(O)c2ccccc2S(=O)(=O)N1C. The monoisotopic (exact) mass is 296 g/mol. The lowest BCUT2D eigenvalue weighted by Crippen LogP contribution is -2.41. The Hall–Kier alpha value is -2.02. The van der Waals surface area contributed by atoms with Crippen LogP contribution in [0.4, 0.5) is 0 Å². The van der Waals surface area contributed by atoms with Gasteiger partial charge in [0.25, 0.3) is 15.9 Å². The van der Waals surface area contributed by atoms with E-state index >= 15 is 0 Å². The third kappa shape index (κ3) is 2.14. The zero-order chi connectivity index (χ0) is 15.1. The maximum absolute atomic E-state index is 12.4. The minimum absolute atomic E-state index is 0.0129. The highest BCUT2D eigenvalue weighted by Crippen LogP contribution is 2.34. The van der Waals surface area contributed by atoms with Crippen LogP contribution in [0, 0.1) is 0 Å². The molecule has 108 valence electrons. The summed E-state index contributed by atoms with van der Waals surface area (Å²) in [6.07, 6.45) is 0. The van der Waals surface area contributed by atoms with Crippen LogP contribution in [-0.2, 0) is 14.8 Å². The van der Waals surface area contributed by atoms with Crippen molar-refractivity contribution >= 4 is 21.7 Å². The Bertz CT molecular complexity index is 692. The molecule has 0 fully saturated rings. The van der Waals surface area contributed by atoms with E-state index < -0.39 is 15.9 Å². The third-order valence-corrected chi connectivity index (χ3v) is 4.77. The molecule has 0 unspecified atom stereocenters. The lowest BCUT2D eigenvalue weighted by molar-refractivity contribution is -0.118. The van der Waals surface area contributed by atoms with Crippen molar-refractivity contribution in [3.8, 4) is 0 Å². The number of carbonyl (C=O) groups is 1. The van der Waals surface area contributed by atoms with E-state index in [1.54, 1.807) is 26.0 Å². The fourth-order valence-corrected chi connectivity index (χ4v) is 3.41. The summed E-state index contributed by atoms with van der Waals surface area (Å²) in [4.78, 5) is 12.1. The predicted molar refractivity (Wildman–Crippen MR) is 74.2 cm³/mol. The first kappa shape index (κ1) is 14.4. The molecule has 6 nitrogen and oxygen atoms in total. The first-order valence-corrected chi connectivity index (χ1v) is 7.53. The Morgan fingerprint density at radius 2 is 1.90 bits per heavy atom. The van der Waals surface area contributed by atoms with Crippen molar-refractivity contribution in [1.82, 2.24) is 9.62 Å². The molecule has 0 radical (unpaired) electrons. The summed E-state index contributed by atoms with van der Waals surface area (Å²) < 4.78 is 25.5. The predicted octanol–water partition coefficient (Wildman–Crippen LogP) is 1.07. The maximum atomic E-state index is 12.4. The summed E-state index contributed by atoms with van der Waals surface area (Å²) in [5.41, 5.74) is -0.128. The van der Waals surface area contributed by atoms with Gasteiger partial charge in [0.05, 0.1) is 4.90 Å². The Morgan fingerprint density at radius 1 is 1.30 bits per heavy atom. The van der Waals surface area contributed by atoms with Gasteiger partial charge in [-0.2, -0.15) is 0 Å². The highest BCUT2D eigenvalue weighted by atomic mass is 32.2. The smallest absolute Gasteiger partial charge is 0.272 e. The number of fused-ring (bicyclic) bond motifs is 1. The Morgan fingerprint density at radius 3 is 2.50 bits per heavy atom. The molecular formula is C13H16N2O4S. The van der Waals surface area contributed by atoms with Gasteiger partial charge in [-0.3, -0.25) is 9.10 Å². The van der Waals surface area contributed by atoms with Crippen LogP contribution in [0.25, 0.3) is 5.76 Å². The second kappa shape index (κ2) is 4.82. The van der Waals surface area contributed by atoms with Crippen LogP contribution >= 0.6 is 0 Å². The minimum Gasteiger partial charge on any atom is -0.505 e. The summed E-state index contributed by atoms with van der Waals surface area (Å²) in [5.74, 6) is -0.964. The van der Waals surface area contributed by atoms with Gasteiger partial charge in [0.15, 0.2) is 11.5 Å². The Balaban J connectivity index is 2.66. The number of amides is 1. The highest BCUT2D eigenvalue weighted by molar-refractivity contribution is 7.89. The van der Waals surface area contributed by atoms with Gasteiger partial charge >= 0.3 is 0 Å². The lowest BCUT2D eigenvalue weighted by Gasteiger charge is -2.28. The third-order valence-electron chi connectivity index (χ3n) is 2.95. The molecule has 0 bridgehead atoms. The topological polar surface area (TPSA) is 86.7 Å². The van der Waals surface area contributed by atoms with Crippen molar-refractivity contribution in [2.75, 3.05) is 7.05 Å². The van der Waals surface area contributed by atoms with Crippen molar-refractivity contribution in [2.24, 2.45) is 0 Å². The number of nitrogens with zero attached hydrogens (tertiary/aromatic N) is 1. The zero-order valence-corrected chi connectivity index (χ0v) is 12.2. The van der Waals surface area contributed by atoms with Gasteiger partial charge in [0.1, 0.15) is 0 Å². The summed E-state index contributed by atoms with van der Waals surface area (Å²) in [6.45, 7) is 3.50. The van der Waals surface area contributed by atoms with Crippen molar-refractivity contribution in [1.29, 1.82) is 0 Å². The van der Waals surface area contributed by atoms with Gasteiger partial charge in [0.2, 0.25) is 0 Å². The van der Waals surface area contributed by atoms with Gasteiger partial charge in [-0.1, -0.05) is 12.1 Å². The van der Waals surface area contributed by atoms with Crippen LogP contribution in [0.1, 0.15) is 19.4 Å². The lowest BCUT2D eigenvalue weighted by atomic mass is 10.1. The number of rotatable bonds is 2. The van der Waals surface area contributed by atoms with Crippen molar-refractivity contribution in [3.63, 3.8) is 0 Å². The summed E-state index contributed by atoms with van der Waals surface area (Å²) in [6, 6.07) is 5.87. The van der Waals surface area contributed by atoms with E-state index in [4.69, 9.17) is 0 Å². The van der Waals surface area contributed by atoms with E-state index in [-0.39, 0.29) is 28.0 Å². The summed E-state index contributed by atoms with van der Waals surface area (Å²) >= 11 is 0. The normalized spacial score (nSPS) is 17.1. The fraction of sp³-hybridized carbons (Fsp3) is 0.308. The molecule has 1 heterocycles. The second-order valence-corrected chi connectivity index (χ2v) is 6.73. The molecule has 0 saturated heterocycles. The van der Waals surface area contributed by atoms with Gasteiger partial charge in [-0.25, -0.2) is 8.42 Å². The van der Waals surface area contributed by atoms with Crippen LogP contribution in [0.5, 0.6) is 0 Å². The molecule has 1 aliphatic heterocycles. The van der Waals surface area contributed by atoms with Gasteiger partial charge in [-0.15, -0.1) is 0 Å². The number of sulfonamides is 1. The number of aliphatic hydroxyl groups excluding tert-OH is 1. The molecule has 1 aromatic carbocycles. The molecule has 1 aromatic rings. The van der Waals surface area contributed by atoms with Crippen molar-refractivity contribution in [2.45, 2.75) is 24.8 Å². The number of nitrogens with one attached hydrogen (secondary N) is 1. The van der Waals surface area contributed by atoms with Crippen LogP contribution < -0.4 is 5.32 Å². The van der Waals surface area contributed by atoms with Gasteiger partial charge < -0.3 is 10.4 Å². The molecule has 1 aliphatic rings. The van der Waals surface area contributed by atoms with E-state index in [1.165, 1.54) is 19.2 Å². The quantitative estimate of drug-likeness (QED) is 0.854. The average Bonchev–Trinajstić information content (AvgIpc) is 2.36. The largest absolute Gasteiger partial charge is 0.505 e. The molecular weight excluding hydrogens is 280 g/mol. The number of benzene rings is 1. The van der Waals surface area contributed by atoms with Crippen LogP contribution in [0.2, 0.25) is 0 Å².